The van der Waals surface area contributed by atoms with E-state index in [1.54, 1.807) is 7.11 Å². The zero-order valence-electron chi connectivity index (χ0n) is 16.5. The summed E-state index contributed by atoms with van der Waals surface area (Å²) in [4.78, 5) is 12.4. The lowest BCUT2D eigenvalue weighted by Crippen LogP contribution is -2.15. The predicted molar refractivity (Wildman–Crippen MR) is 114 cm³/mol. The van der Waals surface area contributed by atoms with Crippen LogP contribution in [0, 0.1) is 0 Å². The molecule has 0 bridgehead atoms. The minimum absolute atomic E-state index is 0.110. The number of carbonyl (C=O) groups excluding carboxylic acids is 1. The molecule has 7 nitrogen and oxygen atoms in total. The molecule has 0 aliphatic heterocycles. The van der Waals surface area contributed by atoms with Crippen molar-refractivity contribution in [1.29, 1.82) is 0 Å². The molecule has 29 heavy (non-hydrogen) atoms. The summed E-state index contributed by atoms with van der Waals surface area (Å²) in [6, 6.07) is 17.2. The second kappa shape index (κ2) is 10.6. The summed E-state index contributed by atoms with van der Waals surface area (Å²) in [5.74, 6) is 1.66. The van der Waals surface area contributed by atoms with Gasteiger partial charge in [0.1, 0.15) is 5.75 Å². The van der Waals surface area contributed by atoms with Gasteiger partial charge in [0.2, 0.25) is 5.91 Å². The Hall–Kier alpha value is -2.84. The molecule has 1 heterocycles. The standard InChI is InChI=1S/C21H24N4O3S/c1-3-28-18-11-9-17(10-12-18)22-19(26)15-29-21-24-23-20(25(21)13-14-27-2)16-7-5-4-6-8-16/h4-12H,3,13-15H2,1-2H3,(H,22,26). The van der Waals surface area contributed by atoms with Crippen molar-refractivity contribution < 1.29 is 14.3 Å². The highest BCUT2D eigenvalue weighted by Crippen LogP contribution is 2.24. The smallest absolute Gasteiger partial charge is 0.234 e. The van der Waals surface area contributed by atoms with E-state index < -0.39 is 0 Å². The zero-order valence-corrected chi connectivity index (χ0v) is 17.3. The maximum Gasteiger partial charge on any atom is 0.234 e. The number of carbonyl (C=O) groups is 1. The van der Waals surface area contributed by atoms with E-state index in [2.05, 4.69) is 15.5 Å². The third kappa shape index (κ3) is 5.82. The average Bonchev–Trinajstić information content (AvgIpc) is 3.15. The number of nitrogens with zero attached hydrogens (tertiary/aromatic N) is 3. The van der Waals surface area contributed by atoms with E-state index in [1.807, 2.05) is 66.1 Å². The van der Waals surface area contributed by atoms with Crippen LogP contribution < -0.4 is 10.1 Å². The van der Waals surface area contributed by atoms with Crippen LogP contribution in [0.2, 0.25) is 0 Å². The predicted octanol–water partition coefficient (Wildman–Crippen LogP) is 3.72. The van der Waals surface area contributed by atoms with Crippen molar-refractivity contribution in [3.8, 4) is 17.1 Å². The van der Waals surface area contributed by atoms with E-state index >= 15 is 0 Å². The third-order valence-corrected chi connectivity index (χ3v) is 5.02. The number of methoxy groups -OCH3 is 1. The molecular weight excluding hydrogens is 388 g/mol. The van der Waals surface area contributed by atoms with Crippen LogP contribution in [0.15, 0.2) is 59.8 Å². The van der Waals surface area contributed by atoms with Gasteiger partial charge in [0, 0.05) is 18.4 Å². The minimum atomic E-state index is -0.110. The molecular formula is C21H24N4O3S. The molecule has 0 radical (unpaired) electrons. The molecule has 0 spiro atoms. The fourth-order valence-corrected chi connectivity index (χ4v) is 3.47. The minimum Gasteiger partial charge on any atom is -0.494 e. The van der Waals surface area contributed by atoms with Crippen LogP contribution in [0.5, 0.6) is 5.75 Å². The van der Waals surface area contributed by atoms with Gasteiger partial charge in [-0.25, -0.2) is 0 Å². The Labute approximate surface area is 174 Å². The highest BCUT2D eigenvalue weighted by molar-refractivity contribution is 7.99. The van der Waals surface area contributed by atoms with Crippen molar-refractivity contribution in [3.05, 3.63) is 54.6 Å². The number of nitrogens with one attached hydrogen (secondary N) is 1. The van der Waals surface area contributed by atoms with E-state index in [4.69, 9.17) is 9.47 Å². The summed E-state index contributed by atoms with van der Waals surface area (Å²) in [7, 11) is 1.66. The topological polar surface area (TPSA) is 78.3 Å². The van der Waals surface area contributed by atoms with E-state index in [9.17, 15) is 4.79 Å². The Kier molecular flexibility index (Phi) is 7.66. The van der Waals surface area contributed by atoms with Gasteiger partial charge in [-0.1, -0.05) is 42.1 Å². The number of rotatable bonds is 10. The molecule has 0 aliphatic rings. The van der Waals surface area contributed by atoms with Gasteiger partial charge in [-0.05, 0) is 31.2 Å². The second-order valence-corrected chi connectivity index (χ2v) is 7.05. The Morgan fingerprint density at radius 3 is 2.55 bits per heavy atom. The van der Waals surface area contributed by atoms with Gasteiger partial charge in [-0.3, -0.25) is 9.36 Å². The number of anilines is 1. The molecule has 2 aromatic carbocycles. The zero-order chi connectivity index (χ0) is 20.5. The van der Waals surface area contributed by atoms with Crippen LogP contribution in [0.1, 0.15) is 6.92 Å². The monoisotopic (exact) mass is 412 g/mol. The lowest BCUT2D eigenvalue weighted by molar-refractivity contribution is -0.113. The summed E-state index contributed by atoms with van der Waals surface area (Å²) in [6.45, 7) is 3.68. The van der Waals surface area contributed by atoms with Crippen molar-refractivity contribution in [2.75, 3.05) is 31.4 Å². The van der Waals surface area contributed by atoms with Crippen LogP contribution in [-0.2, 0) is 16.1 Å². The number of hydrogen-bond acceptors (Lipinski definition) is 6. The maximum absolute atomic E-state index is 12.4. The number of hydrogen-bond donors (Lipinski definition) is 1. The van der Waals surface area contributed by atoms with Crippen molar-refractivity contribution in [1.82, 2.24) is 14.8 Å². The Balaban J connectivity index is 1.64. The molecule has 0 aliphatic carbocycles. The lowest BCUT2D eigenvalue weighted by atomic mass is 10.2. The molecule has 1 N–H and O–H groups in total. The van der Waals surface area contributed by atoms with E-state index in [-0.39, 0.29) is 11.7 Å². The van der Waals surface area contributed by atoms with Gasteiger partial charge in [0.15, 0.2) is 11.0 Å². The lowest BCUT2D eigenvalue weighted by Gasteiger charge is -2.10. The van der Waals surface area contributed by atoms with Gasteiger partial charge in [-0.2, -0.15) is 0 Å². The maximum atomic E-state index is 12.4. The van der Waals surface area contributed by atoms with Gasteiger partial charge in [-0.15, -0.1) is 10.2 Å². The molecule has 0 saturated carbocycles. The third-order valence-electron chi connectivity index (χ3n) is 4.05. The molecule has 1 aromatic heterocycles. The van der Waals surface area contributed by atoms with Crippen LogP contribution in [0.25, 0.3) is 11.4 Å². The summed E-state index contributed by atoms with van der Waals surface area (Å²) >= 11 is 1.35. The average molecular weight is 413 g/mol. The summed E-state index contributed by atoms with van der Waals surface area (Å²) < 4.78 is 12.6. The normalized spacial score (nSPS) is 10.7. The van der Waals surface area contributed by atoms with Gasteiger partial charge < -0.3 is 14.8 Å². The fraction of sp³-hybridized carbons (Fsp3) is 0.286. The summed E-state index contributed by atoms with van der Waals surface area (Å²) in [5.41, 5.74) is 1.70. The molecule has 3 rings (SSSR count). The second-order valence-electron chi connectivity index (χ2n) is 6.11. The van der Waals surface area contributed by atoms with Gasteiger partial charge in [0.05, 0.1) is 25.5 Å². The first-order valence-electron chi connectivity index (χ1n) is 9.34. The van der Waals surface area contributed by atoms with Gasteiger partial charge >= 0.3 is 0 Å². The van der Waals surface area contributed by atoms with Crippen LogP contribution in [0.4, 0.5) is 5.69 Å². The number of amides is 1. The largest absolute Gasteiger partial charge is 0.494 e. The Bertz CT molecular complexity index is 913. The van der Waals surface area contributed by atoms with Gasteiger partial charge in [0.25, 0.3) is 0 Å². The van der Waals surface area contributed by atoms with Crippen LogP contribution in [-0.4, -0.2) is 46.7 Å². The SMILES string of the molecule is CCOc1ccc(NC(=O)CSc2nnc(-c3ccccc3)n2CCOC)cc1. The highest BCUT2D eigenvalue weighted by Gasteiger charge is 2.15. The van der Waals surface area contributed by atoms with E-state index in [1.165, 1.54) is 11.8 Å². The molecule has 0 atom stereocenters. The van der Waals surface area contributed by atoms with Crippen molar-refractivity contribution in [2.45, 2.75) is 18.6 Å². The van der Waals surface area contributed by atoms with E-state index in [0.29, 0.717) is 24.9 Å². The van der Waals surface area contributed by atoms with Crippen LogP contribution in [0.3, 0.4) is 0 Å². The van der Waals surface area contributed by atoms with Crippen molar-refractivity contribution in [3.63, 3.8) is 0 Å². The molecule has 3 aromatic rings. The molecule has 152 valence electrons. The first kappa shape index (κ1) is 20.9. The quantitative estimate of drug-likeness (QED) is 0.512. The molecule has 0 saturated heterocycles. The van der Waals surface area contributed by atoms with Crippen LogP contribution >= 0.6 is 11.8 Å². The highest BCUT2D eigenvalue weighted by atomic mass is 32.2. The molecule has 1 amide bonds. The fourth-order valence-electron chi connectivity index (χ4n) is 2.71. The molecule has 0 fully saturated rings. The van der Waals surface area contributed by atoms with Crippen molar-refractivity contribution in [2.24, 2.45) is 0 Å². The first-order chi connectivity index (χ1) is 14.2. The first-order valence-corrected chi connectivity index (χ1v) is 10.3. The number of aromatic nitrogens is 3. The summed E-state index contributed by atoms with van der Waals surface area (Å²) in [6.07, 6.45) is 0. The number of thioether (sulfide) groups is 1. The number of benzene rings is 2. The Morgan fingerprint density at radius 1 is 1.10 bits per heavy atom. The molecule has 0 unspecified atom stereocenters. The van der Waals surface area contributed by atoms with Crippen molar-refractivity contribution >= 4 is 23.4 Å². The Morgan fingerprint density at radius 2 is 1.86 bits per heavy atom. The van der Waals surface area contributed by atoms with E-state index in [0.717, 1.165) is 22.8 Å². The number of ether oxygens (including phenoxy) is 2. The molecule has 8 heteroatoms. The summed E-state index contributed by atoms with van der Waals surface area (Å²) in [5, 5.41) is 12.2.